The zero-order valence-electron chi connectivity index (χ0n) is 13.2. The molecule has 0 radical (unpaired) electrons. The Labute approximate surface area is 126 Å². The Hall–Kier alpha value is -2.04. The summed E-state index contributed by atoms with van der Waals surface area (Å²) in [5, 5.41) is 2.78. The number of hydrogen-bond acceptors (Lipinski definition) is 4. The average Bonchev–Trinajstić information content (AvgIpc) is 2.47. The Morgan fingerprint density at radius 1 is 1.29 bits per heavy atom. The van der Waals surface area contributed by atoms with Crippen LogP contribution in [0.2, 0.25) is 0 Å². The van der Waals surface area contributed by atoms with Gasteiger partial charge >= 0.3 is 5.97 Å². The number of nitrogens with zero attached hydrogens (tertiary/aromatic N) is 1. The van der Waals surface area contributed by atoms with Crippen molar-refractivity contribution in [2.45, 2.75) is 32.7 Å². The van der Waals surface area contributed by atoms with Crippen molar-refractivity contribution < 1.29 is 14.3 Å². The van der Waals surface area contributed by atoms with E-state index in [9.17, 15) is 9.59 Å². The highest BCUT2D eigenvalue weighted by molar-refractivity contribution is 5.94. The quantitative estimate of drug-likeness (QED) is 0.783. The van der Waals surface area contributed by atoms with Crippen molar-refractivity contribution >= 4 is 17.6 Å². The van der Waals surface area contributed by atoms with E-state index in [0.717, 1.165) is 18.7 Å². The number of esters is 1. The largest absolute Gasteiger partial charge is 0.469 e. The molecule has 1 atom stereocenters. The highest BCUT2D eigenvalue weighted by atomic mass is 16.5. The summed E-state index contributed by atoms with van der Waals surface area (Å²) in [5.41, 5.74) is 1.66. The molecule has 1 amide bonds. The van der Waals surface area contributed by atoms with Crippen LogP contribution in [0, 0.1) is 0 Å². The van der Waals surface area contributed by atoms with Gasteiger partial charge in [-0.25, -0.2) is 0 Å². The summed E-state index contributed by atoms with van der Waals surface area (Å²) in [7, 11) is 3.36. The average molecular weight is 292 g/mol. The summed E-state index contributed by atoms with van der Waals surface area (Å²) in [5.74, 6) is -0.518. The molecule has 0 saturated heterocycles. The van der Waals surface area contributed by atoms with Gasteiger partial charge in [-0.05, 0) is 37.6 Å². The Balaban J connectivity index is 2.60. The maximum absolute atomic E-state index is 12.1. The first-order valence-electron chi connectivity index (χ1n) is 7.16. The van der Waals surface area contributed by atoms with Crippen LogP contribution < -0.4 is 10.2 Å². The number of ether oxygens (including phenoxy) is 1. The Morgan fingerprint density at radius 3 is 2.43 bits per heavy atom. The first-order chi connectivity index (χ1) is 9.97. The van der Waals surface area contributed by atoms with E-state index < -0.39 is 0 Å². The maximum atomic E-state index is 12.1. The normalized spacial score (nSPS) is 11.6. The predicted molar refractivity (Wildman–Crippen MR) is 83.6 cm³/mol. The molecular weight excluding hydrogens is 268 g/mol. The second-order valence-corrected chi connectivity index (χ2v) is 5.12. The van der Waals surface area contributed by atoms with Gasteiger partial charge in [-0.3, -0.25) is 9.59 Å². The lowest BCUT2D eigenvalue weighted by Gasteiger charge is -2.18. The molecule has 1 aromatic rings. The van der Waals surface area contributed by atoms with Crippen LogP contribution in [0.4, 0.5) is 5.69 Å². The summed E-state index contributed by atoms with van der Waals surface area (Å²) >= 11 is 0. The fourth-order valence-corrected chi connectivity index (χ4v) is 2.02. The molecule has 0 fully saturated rings. The second kappa shape index (κ2) is 8.29. The van der Waals surface area contributed by atoms with E-state index in [1.54, 1.807) is 19.1 Å². The van der Waals surface area contributed by atoms with Crippen LogP contribution in [-0.4, -0.2) is 38.6 Å². The molecule has 0 aliphatic rings. The third-order valence-electron chi connectivity index (χ3n) is 3.21. The smallest absolute Gasteiger partial charge is 0.307 e. The van der Waals surface area contributed by atoms with E-state index >= 15 is 0 Å². The van der Waals surface area contributed by atoms with Crippen LogP contribution >= 0.6 is 0 Å². The molecule has 0 saturated carbocycles. The van der Waals surface area contributed by atoms with Crippen LogP contribution in [0.3, 0.4) is 0 Å². The molecular formula is C16H24N2O3. The molecule has 0 spiro atoms. The second-order valence-electron chi connectivity index (χ2n) is 5.12. The van der Waals surface area contributed by atoms with Crippen LogP contribution in [-0.2, 0) is 9.53 Å². The number of anilines is 1. The SMILES string of the molecule is CCCN(C)c1ccc(C(=O)N[C@@H](C)CC(=O)OC)cc1. The van der Waals surface area contributed by atoms with E-state index in [0.29, 0.717) is 5.56 Å². The highest BCUT2D eigenvalue weighted by Crippen LogP contribution is 2.14. The first kappa shape index (κ1) is 17.0. The van der Waals surface area contributed by atoms with Gasteiger partial charge in [0.25, 0.3) is 5.91 Å². The number of carbonyl (C=O) groups is 2. The maximum Gasteiger partial charge on any atom is 0.307 e. The van der Waals surface area contributed by atoms with Gasteiger partial charge in [-0.2, -0.15) is 0 Å². The lowest BCUT2D eigenvalue weighted by atomic mass is 10.1. The van der Waals surface area contributed by atoms with Crippen molar-refractivity contribution in [2.24, 2.45) is 0 Å². The van der Waals surface area contributed by atoms with Crippen LogP contribution in [0.1, 0.15) is 37.0 Å². The fraction of sp³-hybridized carbons (Fsp3) is 0.500. The zero-order valence-corrected chi connectivity index (χ0v) is 13.2. The van der Waals surface area contributed by atoms with Gasteiger partial charge in [0.05, 0.1) is 13.5 Å². The van der Waals surface area contributed by atoms with Crippen molar-refractivity contribution in [2.75, 3.05) is 25.6 Å². The van der Waals surface area contributed by atoms with Gasteiger partial charge in [0.1, 0.15) is 0 Å². The molecule has 0 aromatic heterocycles. The third kappa shape index (κ3) is 5.45. The molecule has 1 aromatic carbocycles. The Morgan fingerprint density at radius 2 is 1.90 bits per heavy atom. The molecule has 0 heterocycles. The van der Waals surface area contributed by atoms with Crippen LogP contribution in [0.15, 0.2) is 24.3 Å². The molecule has 21 heavy (non-hydrogen) atoms. The number of rotatable bonds is 7. The van der Waals surface area contributed by atoms with E-state index in [-0.39, 0.29) is 24.3 Å². The van der Waals surface area contributed by atoms with Gasteiger partial charge in [-0.15, -0.1) is 0 Å². The summed E-state index contributed by atoms with van der Waals surface area (Å²) < 4.78 is 4.58. The minimum atomic E-state index is -0.334. The van der Waals surface area contributed by atoms with Crippen molar-refractivity contribution in [1.29, 1.82) is 0 Å². The topological polar surface area (TPSA) is 58.6 Å². The van der Waals surface area contributed by atoms with Gasteiger partial charge in [0.15, 0.2) is 0 Å². The monoisotopic (exact) mass is 292 g/mol. The number of amides is 1. The number of hydrogen-bond donors (Lipinski definition) is 1. The molecule has 0 aliphatic carbocycles. The minimum Gasteiger partial charge on any atom is -0.469 e. The van der Waals surface area contributed by atoms with Crippen molar-refractivity contribution in [3.8, 4) is 0 Å². The van der Waals surface area contributed by atoms with Gasteiger partial charge in [-0.1, -0.05) is 6.92 Å². The summed E-state index contributed by atoms with van der Waals surface area (Å²) in [6, 6.07) is 7.18. The molecule has 1 N–H and O–H groups in total. The Kier molecular flexibility index (Phi) is 6.72. The summed E-state index contributed by atoms with van der Waals surface area (Å²) in [6.45, 7) is 4.88. The first-order valence-corrected chi connectivity index (χ1v) is 7.16. The van der Waals surface area contributed by atoms with Crippen molar-refractivity contribution in [3.63, 3.8) is 0 Å². The van der Waals surface area contributed by atoms with E-state index in [1.807, 2.05) is 19.2 Å². The van der Waals surface area contributed by atoms with Crippen LogP contribution in [0.5, 0.6) is 0 Å². The molecule has 5 nitrogen and oxygen atoms in total. The fourth-order valence-electron chi connectivity index (χ4n) is 2.02. The number of carbonyl (C=O) groups excluding carboxylic acids is 2. The number of methoxy groups -OCH3 is 1. The number of nitrogens with one attached hydrogen (secondary N) is 1. The van der Waals surface area contributed by atoms with Gasteiger partial charge in [0.2, 0.25) is 0 Å². The number of benzene rings is 1. The van der Waals surface area contributed by atoms with Crippen LogP contribution in [0.25, 0.3) is 0 Å². The molecule has 0 unspecified atom stereocenters. The molecule has 0 aliphatic heterocycles. The molecule has 0 bridgehead atoms. The zero-order chi connectivity index (χ0) is 15.8. The van der Waals surface area contributed by atoms with E-state index in [2.05, 4.69) is 21.9 Å². The Bertz CT molecular complexity index is 471. The van der Waals surface area contributed by atoms with Crippen molar-refractivity contribution in [3.05, 3.63) is 29.8 Å². The van der Waals surface area contributed by atoms with Gasteiger partial charge < -0.3 is 15.0 Å². The van der Waals surface area contributed by atoms with E-state index in [4.69, 9.17) is 0 Å². The van der Waals surface area contributed by atoms with Crippen molar-refractivity contribution in [1.82, 2.24) is 5.32 Å². The third-order valence-corrected chi connectivity index (χ3v) is 3.21. The predicted octanol–water partition coefficient (Wildman–Crippen LogP) is 2.21. The highest BCUT2D eigenvalue weighted by Gasteiger charge is 2.13. The molecule has 5 heteroatoms. The van der Waals surface area contributed by atoms with Gasteiger partial charge in [0, 0.05) is 30.9 Å². The summed E-state index contributed by atoms with van der Waals surface area (Å²) in [4.78, 5) is 25.3. The minimum absolute atomic E-state index is 0.166. The lowest BCUT2D eigenvalue weighted by molar-refractivity contribution is -0.141. The van der Waals surface area contributed by atoms with E-state index in [1.165, 1.54) is 7.11 Å². The lowest BCUT2D eigenvalue weighted by Crippen LogP contribution is -2.34. The standard InChI is InChI=1S/C16H24N2O3/c1-5-10-18(3)14-8-6-13(7-9-14)16(20)17-12(2)11-15(19)21-4/h6-9,12H,5,10-11H2,1-4H3,(H,17,20)/t12-/m0/s1. The summed E-state index contributed by atoms with van der Waals surface area (Å²) in [6.07, 6.45) is 1.24. The molecule has 1 rings (SSSR count). The molecule has 116 valence electrons.